The van der Waals surface area contributed by atoms with Crippen LogP contribution in [0.15, 0.2) is 0 Å². The summed E-state index contributed by atoms with van der Waals surface area (Å²) in [7, 11) is -9.88. The molecule has 0 aliphatic heterocycles. The summed E-state index contributed by atoms with van der Waals surface area (Å²) in [6, 6.07) is 0. The van der Waals surface area contributed by atoms with Gasteiger partial charge in [-0.05, 0) is 37.5 Å². The van der Waals surface area contributed by atoms with E-state index in [1.54, 1.807) is 0 Å². The summed E-state index contributed by atoms with van der Waals surface area (Å²) >= 11 is 0. The lowest BCUT2D eigenvalue weighted by molar-refractivity contribution is -0.161. The number of phosphoric ester groups is 2. The summed E-state index contributed by atoms with van der Waals surface area (Å²) in [5, 5.41) is 10.5. The van der Waals surface area contributed by atoms with Crippen molar-refractivity contribution in [2.24, 2.45) is 11.8 Å². The van der Waals surface area contributed by atoms with Crippen LogP contribution >= 0.6 is 15.6 Å². The van der Waals surface area contributed by atoms with Gasteiger partial charge >= 0.3 is 39.5 Å². The second-order valence-corrected chi connectivity index (χ2v) is 28.1. The van der Waals surface area contributed by atoms with Gasteiger partial charge in [0.1, 0.15) is 19.3 Å². The molecule has 0 aromatic rings. The first-order valence-electron chi connectivity index (χ1n) is 35.0. The van der Waals surface area contributed by atoms with Crippen molar-refractivity contribution in [1.82, 2.24) is 0 Å². The summed E-state index contributed by atoms with van der Waals surface area (Å²) in [6.07, 6.45) is 43.6. The average Bonchev–Trinajstić information content (AvgIpc) is 3.64. The molecule has 0 bridgehead atoms. The Morgan fingerprint density at radius 2 is 0.535 bits per heavy atom. The van der Waals surface area contributed by atoms with Crippen molar-refractivity contribution in [1.29, 1.82) is 0 Å². The van der Waals surface area contributed by atoms with E-state index in [0.29, 0.717) is 31.6 Å². The Balaban J connectivity index is 5.15. The highest BCUT2D eigenvalue weighted by atomic mass is 31.2. The molecule has 0 aromatic heterocycles. The fraction of sp³-hybridized carbons (Fsp3) is 0.940. The molecule has 0 aliphatic carbocycles. The first kappa shape index (κ1) is 84.1. The molecule has 0 fully saturated rings. The van der Waals surface area contributed by atoms with E-state index in [1.807, 2.05) is 0 Å². The van der Waals surface area contributed by atoms with Crippen molar-refractivity contribution in [2.45, 2.75) is 355 Å². The highest BCUT2D eigenvalue weighted by molar-refractivity contribution is 7.47. The third-order valence-corrected chi connectivity index (χ3v) is 17.4. The Morgan fingerprint density at radius 1 is 0.314 bits per heavy atom. The van der Waals surface area contributed by atoms with Crippen molar-refractivity contribution < 1.29 is 80.2 Å². The van der Waals surface area contributed by atoms with Crippen molar-refractivity contribution in [3.05, 3.63) is 0 Å². The topological polar surface area (TPSA) is 237 Å². The lowest BCUT2D eigenvalue weighted by Gasteiger charge is -2.21. The molecule has 0 saturated carbocycles. The molecule has 17 nitrogen and oxygen atoms in total. The Bertz CT molecular complexity index is 1680. The zero-order chi connectivity index (χ0) is 63.6. The molecular formula is C67H130O17P2. The number of unbranched alkanes of at least 4 members (excludes halogenated alkanes) is 36. The molecular weight excluding hydrogens is 1140 g/mol. The number of aliphatic hydroxyl groups excluding tert-OH is 1. The third-order valence-electron chi connectivity index (χ3n) is 15.5. The normalized spacial score (nSPS) is 14.2. The van der Waals surface area contributed by atoms with Crippen LogP contribution in [0.25, 0.3) is 0 Å². The minimum Gasteiger partial charge on any atom is -0.462 e. The molecule has 86 heavy (non-hydrogen) atoms. The summed E-state index contributed by atoms with van der Waals surface area (Å²) in [5.74, 6) is -0.671. The number of hydrogen-bond acceptors (Lipinski definition) is 15. The first-order chi connectivity index (χ1) is 41.4. The van der Waals surface area contributed by atoms with Gasteiger partial charge in [-0.25, -0.2) is 9.13 Å². The molecule has 0 aliphatic rings. The van der Waals surface area contributed by atoms with E-state index in [2.05, 4.69) is 41.5 Å². The summed E-state index contributed by atoms with van der Waals surface area (Å²) in [4.78, 5) is 72.1. The van der Waals surface area contributed by atoms with Crippen LogP contribution in [0.3, 0.4) is 0 Å². The largest absolute Gasteiger partial charge is 0.472 e. The maximum absolute atomic E-state index is 13.0. The van der Waals surface area contributed by atoms with E-state index >= 15 is 0 Å². The predicted molar refractivity (Wildman–Crippen MR) is 345 cm³/mol. The summed E-state index contributed by atoms with van der Waals surface area (Å²) < 4.78 is 67.9. The molecule has 510 valence electrons. The smallest absolute Gasteiger partial charge is 0.462 e. The maximum Gasteiger partial charge on any atom is 0.472 e. The number of esters is 4. The van der Waals surface area contributed by atoms with E-state index in [4.69, 9.17) is 37.0 Å². The molecule has 0 amide bonds. The number of hydrogen-bond donors (Lipinski definition) is 3. The van der Waals surface area contributed by atoms with Crippen LogP contribution < -0.4 is 0 Å². The standard InChI is InChI=1S/C67H130O17P2/c1-7-9-11-13-14-15-16-17-22-25-28-31-38-44-50-65(70)78-56-63(83-66(71)51-45-39-32-29-26-23-20-18-19-21-24-27-30-36-41-47-59(3)4)58-82-86(75,76)80-54-61(68)53-79-85(73,74)81-57-62(55-77-64(69)49-43-35-12-10-8-2)84-67(72)52-46-40-34-33-37-42-48-60(5)6/h59-63,68H,7-58H2,1-6H3,(H,73,74)(H,75,76)/t61-,62+,63+/m0/s1. The number of phosphoric acid groups is 2. The number of rotatable bonds is 66. The SMILES string of the molecule is CCCCCCCCCCCCCCCCC(=O)OC[C@H](COP(=O)(O)OC[C@@H](O)COP(=O)(O)OC[C@@H](COC(=O)CCCCCCC)OC(=O)CCCCCCCCC(C)C)OC(=O)CCCCCCCCCCCCCCCCCC(C)C. The molecule has 2 unspecified atom stereocenters. The Labute approximate surface area is 524 Å². The van der Waals surface area contributed by atoms with Crippen LogP contribution in [0.4, 0.5) is 0 Å². The quantitative estimate of drug-likeness (QED) is 0.0222. The van der Waals surface area contributed by atoms with Crippen LogP contribution in [-0.4, -0.2) is 96.7 Å². The Hall–Kier alpha value is -1.94. The maximum atomic E-state index is 13.0. The monoisotopic (exact) mass is 1270 g/mol. The number of carbonyl (C=O) groups is 4. The third kappa shape index (κ3) is 60.9. The molecule has 5 atom stereocenters. The van der Waals surface area contributed by atoms with Crippen LogP contribution in [-0.2, 0) is 65.4 Å². The van der Waals surface area contributed by atoms with Gasteiger partial charge in [0.05, 0.1) is 26.4 Å². The molecule has 19 heteroatoms. The van der Waals surface area contributed by atoms with Gasteiger partial charge in [-0.3, -0.25) is 37.3 Å². The van der Waals surface area contributed by atoms with Gasteiger partial charge in [-0.1, -0.05) is 286 Å². The zero-order valence-corrected chi connectivity index (χ0v) is 57.4. The second kappa shape index (κ2) is 59.4. The van der Waals surface area contributed by atoms with Gasteiger partial charge in [0.2, 0.25) is 0 Å². The van der Waals surface area contributed by atoms with Crippen LogP contribution in [0, 0.1) is 11.8 Å². The van der Waals surface area contributed by atoms with E-state index in [0.717, 1.165) is 102 Å². The van der Waals surface area contributed by atoms with E-state index in [-0.39, 0.29) is 25.7 Å². The van der Waals surface area contributed by atoms with Crippen molar-refractivity contribution in [2.75, 3.05) is 39.6 Å². The summed E-state index contributed by atoms with van der Waals surface area (Å²) in [6.45, 7) is 9.37. The van der Waals surface area contributed by atoms with Gasteiger partial charge in [0.15, 0.2) is 12.2 Å². The summed E-state index contributed by atoms with van der Waals surface area (Å²) in [5.41, 5.74) is 0. The molecule has 0 spiro atoms. The molecule has 0 radical (unpaired) electrons. The molecule has 0 rings (SSSR count). The van der Waals surface area contributed by atoms with Crippen LogP contribution in [0.5, 0.6) is 0 Å². The van der Waals surface area contributed by atoms with Gasteiger partial charge in [-0.2, -0.15) is 0 Å². The van der Waals surface area contributed by atoms with Crippen LogP contribution in [0.1, 0.15) is 337 Å². The van der Waals surface area contributed by atoms with Gasteiger partial charge in [0.25, 0.3) is 0 Å². The van der Waals surface area contributed by atoms with E-state index < -0.39 is 97.5 Å². The second-order valence-electron chi connectivity index (χ2n) is 25.2. The van der Waals surface area contributed by atoms with Crippen molar-refractivity contribution in [3.63, 3.8) is 0 Å². The number of ether oxygens (including phenoxy) is 4. The molecule has 3 N–H and O–H groups in total. The number of aliphatic hydroxyl groups is 1. The predicted octanol–water partition coefficient (Wildman–Crippen LogP) is 18.8. The fourth-order valence-electron chi connectivity index (χ4n) is 10.1. The number of carbonyl (C=O) groups excluding carboxylic acids is 4. The van der Waals surface area contributed by atoms with E-state index in [9.17, 15) is 43.2 Å². The first-order valence-corrected chi connectivity index (χ1v) is 38.0. The van der Waals surface area contributed by atoms with Crippen molar-refractivity contribution in [3.8, 4) is 0 Å². The minimum absolute atomic E-state index is 0.101. The molecule has 0 aromatic carbocycles. The minimum atomic E-state index is -4.95. The Morgan fingerprint density at radius 3 is 0.791 bits per heavy atom. The van der Waals surface area contributed by atoms with Crippen LogP contribution in [0.2, 0.25) is 0 Å². The van der Waals surface area contributed by atoms with Gasteiger partial charge in [-0.15, -0.1) is 0 Å². The highest BCUT2D eigenvalue weighted by Gasteiger charge is 2.30. The van der Waals surface area contributed by atoms with Crippen molar-refractivity contribution >= 4 is 39.5 Å². The van der Waals surface area contributed by atoms with Gasteiger partial charge < -0.3 is 33.8 Å². The lowest BCUT2D eigenvalue weighted by atomic mass is 10.0. The van der Waals surface area contributed by atoms with E-state index in [1.165, 1.54) is 148 Å². The zero-order valence-electron chi connectivity index (χ0n) is 55.6. The average molecular weight is 1270 g/mol. The Kier molecular flexibility index (Phi) is 58.0. The van der Waals surface area contributed by atoms with Gasteiger partial charge in [0, 0.05) is 25.7 Å². The molecule has 0 heterocycles. The lowest BCUT2D eigenvalue weighted by Crippen LogP contribution is -2.30. The fourth-order valence-corrected chi connectivity index (χ4v) is 11.6. The molecule has 0 saturated heterocycles. The highest BCUT2D eigenvalue weighted by Crippen LogP contribution is 2.45.